The van der Waals surface area contributed by atoms with Crippen molar-refractivity contribution in [2.24, 2.45) is 0 Å². The summed E-state index contributed by atoms with van der Waals surface area (Å²) in [4.78, 5) is 10.6. The van der Waals surface area contributed by atoms with E-state index in [1.807, 2.05) is 6.92 Å². The second-order valence-corrected chi connectivity index (χ2v) is 3.83. The zero-order valence-electron chi connectivity index (χ0n) is 8.05. The predicted molar refractivity (Wildman–Crippen MR) is 51.6 cm³/mol. The molecule has 1 rings (SSSR count). The minimum absolute atomic E-state index is 0.324. The fraction of sp³-hybridized carbons (Fsp3) is 0.700. The molecule has 0 spiro atoms. The summed E-state index contributed by atoms with van der Waals surface area (Å²) >= 11 is 0. The highest BCUT2D eigenvalue weighted by Crippen LogP contribution is 2.17. The van der Waals surface area contributed by atoms with Gasteiger partial charge in [-0.3, -0.25) is 4.79 Å². The van der Waals surface area contributed by atoms with Gasteiger partial charge in [0.1, 0.15) is 6.04 Å². The molecule has 0 aromatic carbocycles. The summed E-state index contributed by atoms with van der Waals surface area (Å²) in [5, 5.41) is 11.8. The Hall–Kier alpha value is -0.830. The van der Waals surface area contributed by atoms with Gasteiger partial charge in [0.05, 0.1) is 0 Å². The van der Waals surface area contributed by atoms with Gasteiger partial charge in [0.25, 0.3) is 0 Å². The Labute approximate surface area is 78.8 Å². The summed E-state index contributed by atoms with van der Waals surface area (Å²) in [5.74, 6) is -0.724. The summed E-state index contributed by atoms with van der Waals surface area (Å²) in [6.07, 6.45) is 3.74. The molecule has 1 aliphatic heterocycles. The van der Waals surface area contributed by atoms with E-state index in [-0.39, 0.29) is 6.04 Å². The molecule has 74 valence electrons. The average molecular weight is 183 g/mol. The number of hydrogen-bond acceptors (Lipinski definition) is 2. The zero-order chi connectivity index (χ0) is 9.84. The summed E-state index contributed by atoms with van der Waals surface area (Å²) < 4.78 is 0. The lowest BCUT2D eigenvalue weighted by Gasteiger charge is -2.11. The standard InChI is InChI=1S/C10H17NO2/c1-7(2)3-4-8-5-6-9(11-8)10(12)13/h8-9,11H,1,3-6H2,2H3,(H,12,13). The van der Waals surface area contributed by atoms with Crippen LogP contribution < -0.4 is 5.32 Å². The first-order chi connectivity index (χ1) is 6.09. The van der Waals surface area contributed by atoms with Crippen molar-refractivity contribution in [3.63, 3.8) is 0 Å². The van der Waals surface area contributed by atoms with Gasteiger partial charge in [0, 0.05) is 6.04 Å². The van der Waals surface area contributed by atoms with E-state index in [1.54, 1.807) is 0 Å². The van der Waals surface area contributed by atoms with Gasteiger partial charge in [-0.2, -0.15) is 0 Å². The fourth-order valence-electron chi connectivity index (χ4n) is 1.66. The molecule has 0 saturated carbocycles. The molecule has 0 aliphatic carbocycles. The van der Waals surface area contributed by atoms with Crippen molar-refractivity contribution in [1.82, 2.24) is 5.32 Å². The van der Waals surface area contributed by atoms with Crippen LogP contribution in [0.15, 0.2) is 12.2 Å². The molecule has 3 heteroatoms. The van der Waals surface area contributed by atoms with Gasteiger partial charge in [-0.05, 0) is 32.6 Å². The topological polar surface area (TPSA) is 49.3 Å². The number of carboxylic acid groups (broad SMARTS) is 1. The number of rotatable bonds is 4. The van der Waals surface area contributed by atoms with Crippen LogP contribution in [0.5, 0.6) is 0 Å². The molecule has 3 nitrogen and oxygen atoms in total. The van der Waals surface area contributed by atoms with E-state index in [9.17, 15) is 4.79 Å². The molecule has 2 unspecified atom stereocenters. The van der Waals surface area contributed by atoms with Gasteiger partial charge in [-0.15, -0.1) is 6.58 Å². The molecule has 2 atom stereocenters. The molecule has 1 saturated heterocycles. The Bertz CT molecular complexity index is 213. The van der Waals surface area contributed by atoms with Crippen molar-refractivity contribution < 1.29 is 9.90 Å². The molecule has 0 amide bonds. The minimum atomic E-state index is -0.724. The molecule has 2 N–H and O–H groups in total. The number of allylic oxidation sites excluding steroid dienone is 1. The molecule has 1 aliphatic rings. The molecule has 13 heavy (non-hydrogen) atoms. The van der Waals surface area contributed by atoms with Crippen LogP contribution in [0.1, 0.15) is 32.6 Å². The lowest BCUT2D eigenvalue weighted by molar-refractivity contribution is -0.139. The smallest absolute Gasteiger partial charge is 0.320 e. The summed E-state index contributed by atoms with van der Waals surface area (Å²) in [6, 6.07) is 0.0490. The van der Waals surface area contributed by atoms with E-state index >= 15 is 0 Å². The first-order valence-electron chi connectivity index (χ1n) is 4.73. The van der Waals surface area contributed by atoms with Gasteiger partial charge in [-0.1, -0.05) is 5.57 Å². The van der Waals surface area contributed by atoms with E-state index in [0.29, 0.717) is 6.04 Å². The normalized spacial score (nSPS) is 27.5. The SMILES string of the molecule is C=C(C)CCC1CCC(C(=O)O)N1. The maximum absolute atomic E-state index is 10.6. The Balaban J connectivity index is 2.25. The van der Waals surface area contributed by atoms with Gasteiger partial charge >= 0.3 is 5.97 Å². The van der Waals surface area contributed by atoms with Crippen LogP contribution in [0.25, 0.3) is 0 Å². The maximum atomic E-state index is 10.6. The first kappa shape index (κ1) is 10.3. The summed E-state index contributed by atoms with van der Waals surface area (Å²) in [5.41, 5.74) is 1.17. The number of carboxylic acids is 1. The number of nitrogens with one attached hydrogen (secondary N) is 1. The minimum Gasteiger partial charge on any atom is -0.480 e. The van der Waals surface area contributed by atoms with Crippen LogP contribution in [0, 0.1) is 0 Å². The fourth-order valence-corrected chi connectivity index (χ4v) is 1.66. The molecule has 1 heterocycles. The third-order valence-corrected chi connectivity index (χ3v) is 2.46. The van der Waals surface area contributed by atoms with E-state index in [2.05, 4.69) is 11.9 Å². The monoisotopic (exact) mass is 183 g/mol. The van der Waals surface area contributed by atoms with Crippen LogP contribution in [0.4, 0.5) is 0 Å². The van der Waals surface area contributed by atoms with Gasteiger partial charge in [-0.25, -0.2) is 0 Å². The third-order valence-electron chi connectivity index (χ3n) is 2.46. The Morgan fingerprint density at radius 3 is 2.77 bits per heavy atom. The Kier molecular flexibility index (Phi) is 3.48. The number of carbonyl (C=O) groups is 1. The van der Waals surface area contributed by atoms with Gasteiger partial charge in [0.15, 0.2) is 0 Å². The second kappa shape index (κ2) is 4.42. The Morgan fingerprint density at radius 1 is 1.62 bits per heavy atom. The van der Waals surface area contributed by atoms with Gasteiger partial charge in [0.2, 0.25) is 0 Å². The van der Waals surface area contributed by atoms with Gasteiger partial charge < -0.3 is 10.4 Å². The predicted octanol–water partition coefficient (Wildman–Crippen LogP) is 1.55. The van der Waals surface area contributed by atoms with E-state index in [0.717, 1.165) is 25.7 Å². The van der Waals surface area contributed by atoms with E-state index in [4.69, 9.17) is 5.11 Å². The van der Waals surface area contributed by atoms with Crippen LogP contribution >= 0.6 is 0 Å². The summed E-state index contributed by atoms with van der Waals surface area (Å²) in [6.45, 7) is 5.83. The zero-order valence-corrected chi connectivity index (χ0v) is 8.05. The highest BCUT2D eigenvalue weighted by molar-refractivity contribution is 5.73. The number of hydrogen-bond donors (Lipinski definition) is 2. The molecule has 0 bridgehead atoms. The molecular weight excluding hydrogens is 166 g/mol. The van der Waals surface area contributed by atoms with Crippen LogP contribution in [-0.4, -0.2) is 23.2 Å². The van der Waals surface area contributed by atoms with Crippen molar-refractivity contribution in [3.8, 4) is 0 Å². The lowest BCUT2D eigenvalue weighted by Crippen LogP contribution is -2.35. The molecule has 0 aromatic rings. The van der Waals surface area contributed by atoms with Crippen molar-refractivity contribution in [2.75, 3.05) is 0 Å². The van der Waals surface area contributed by atoms with E-state index in [1.165, 1.54) is 5.57 Å². The molecular formula is C10H17NO2. The Morgan fingerprint density at radius 2 is 2.31 bits per heavy atom. The van der Waals surface area contributed by atoms with Crippen molar-refractivity contribution in [2.45, 2.75) is 44.7 Å². The van der Waals surface area contributed by atoms with Crippen LogP contribution in [0.3, 0.4) is 0 Å². The van der Waals surface area contributed by atoms with E-state index < -0.39 is 5.97 Å². The van der Waals surface area contributed by atoms with Crippen molar-refractivity contribution in [3.05, 3.63) is 12.2 Å². The molecule has 0 radical (unpaired) electrons. The molecule has 0 aromatic heterocycles. The quantitative estimate of drug-likeness (QED) is 0.650. The summed E-state index contributed by atoms with van der Waals surface area (Å²) in [7, 11) is 0. The van der Waals surface area contributed by atoms with Crippen molar-refractivity contribution in [1.29, 1.82) is 0 Å². The number of aliphatic carboxylic acids is 1. The maximum Gasteiger partial charge on any atom is 0.320 e. The average Bonchev–Trinajstić information content (AvgIpc) is 2.48. The van der Waals surface area contributed by atoms with Crippen molar-refractivity contribution >= 4 is 5.97 Å². The van der Waals surface area contributed by atoms with Crippen LogP contribution in [-0.2, 0) is 4.79 Å². The first-order valence-corrected chi connectivity index (χ1v) is 4.73. The highest BCUT2D eigenvalue weighted by Gasteiger charge is 2.27. The largest absolute Gasteiger partial charge is 0.480 e. The lowest BCUT2D eigenvalue weighted by atomic mass is 10.1. The highest BCUT2D eigenvalue weighted by atomic mass is 16.4. The van der Waals surface area contributed by atoms with Crippen LogP contribution in [0.2, 0.25) is 0 Å². The second-order valence-electron chi connectivity index (χ2n) is 3.83. The molecule has 1 fully saturated rings. The third kappa shape index (κ3) is 3.19.